The van der Waals surface area contributed by atoms with Crippen molar-refractivity contribution in [3.8, 4) is 0 Å². The van der Waals surface area contributed by atoms with Gasteiger partial charge in [-0.1, -0.05) is 51.9 Å². The quantitative estimate of drug-likeness (QED) is 0.616. The van der Waals surface area contributed by atoms with E-state index in [-0.39, 0.29) is 6.10 Å². The highest BCUT2D eigenvalue weighted by atomic mass is 16.3. The summed E-state index contributed by atoms with van der Waals surface area (Å²) in [5.74, 6) is 0.889. The Morgan fingerprint density at radius 2 is 1.82 bits per heavy atom. The van der Waals surface area contributed by atoms with Crippen LogP contribution in [0.1, 0.15) is 64.1 Å². The molecule has 0 radical (unpaired) electrons. The van der Waals surface area contributed by atoms with Gasteiger partial charge in [-0.15, -0.1) is 0 Å². The van der Waals surface area contributed by atoms with Gasteiger partial charge in [0, 0.05) is 6.42 Å². The minimum absolute atomic E-state index is 0.239. The molecule has 0 aliphatic carbocycles. The second kappa shape index (κ2) is 9.29. The first kappa shape index (κ1) is 14.3. The molecule has 1 atom stereocenters. The number of aliphatic hydroxyl groups is 1. The largest absolute Gasteiger partial charge is 0.469 e. The Balaban J connectivity index is 1.92. The summed E-state index contributed by atoms with van der Waals surface area (Å²) < 4.78 is 5.22. The van der Waals surface area contributed by atoms with Crippen molar-refractivity contribution in [2.24, 2.45) is 0 Å². The summed E-state index contributed by atoms with van der Waals surface area (Å²) in [6, 6.07) is 3.80. The molecule has 0 spiro atoms. The first-order valence-corrected chi connectivity index (χ1v) is 7.03. The Kier molecular flexibility index (Phi) is 7.81. The normalized spacial score (nSPS) is 12.8. The van der Waals surface area contributed by atoms with Crippen molar-refractivity contribution >= 4 is 0 Å². The molecule has 0 fully saturated rings. The second-order valence-corrected chi connectivity index (χ2v) is 4.85. The zero-order valence-corrected chi connectivity index (χ0v) is 11.0. The van der Waals surface area contributed by atoms with Crippen molar-refractivity contribution in [3.05, 3.63) is 24.2 Å². The van der Waals surface area contributed by atoms with E-state index in [1.807, 2.05) is 12.1 Å². The Hall–Kier alpha value is -0.760. The predicted octanol–water partition coefficient (Wildman–Crippen LogP) is 4.32. The molecule has 98 valence electrons. The molecule has 0 saturated carbocycles. The van der Waals surface area contributed by atoms with Gasteiger partial charge in [-0.05, 0) is 18.6 Å². The number of unbranched alkanes of at least 4 members (excludes halogenated alkanes) is 6. The Morgan fingerprint density at radius 3 is 2.47 bits per heavy atom. The number of hydrogen-bond acceptors (Lipinski definition) is 2. The lowest BCUT2D eigenvalue weighted by molar-refractivity contribution is 0.154. The molecule has 2 nitrogen and oxygen atoms in total. The molecule has 1 N–H and O–H groups in total. The maximum Gasteiger partial charge on any atom is 0.106 e. The average Bonchev–Trinajstić information content (AvgIpc) is 2.80. The molecular weight excluding hydrogens is 212 g/mol. The highest BCUT2D eigenvalue weighted by Gasteiger charge is 2.06. The third-order valence-electron chi connectivity index (χ3n) is 3.16. The zero-order valence-electron chi connectivity index (χ0n) is 11.0. The van der Waals surface area contributed by atoms with Gasteiger partial charge in [0.05, 0.1) is 12.4 Å². The Bertz CT molecular complexity index is 254. The van der Waals surface area contributed by atoms with Crippen LogP contribution in [0.15, 0.2) is 22.8 Å². The molecule has 0 aliphatic rings. The predicted molar refractivity (Wildman–Crippen MR) is 71.0 cm³/mol. The van der Waals surface area contributed by atoms with Crippen molar-refractivity contribution in [2.45, 2.75) is 70.8 Å². The van der Waals surface area contributed by atoms with Crippen LogP contribution in [0, 0.1) is 0 Å². The molecule has 0 saturated heterocycles. The Labute approximate surface area is 105 Å². The maximum absolute atomic E-state index is 9.80. The van der Waals surface area contributed by atoms with Gasteiger partial charge in [0.15, 0.2) is 0 Å². The van der Waals surface area contributed by atoms with Crippen LogP contribution in [0.5, 0.6) is 0 Å². The fourth-order valence-corrected chi connectivity index (χ4v) is 2.10. The van der Waals surface area contributed by atoms with Crippen LogP contribution >= 0.6 is 0 Å². The highest BCUT2D eigenvalue weighted by molar-refractivity contribution is 4.99. The van der Waals surface area contributed by atoms with Gasteiger partial charge in [-0.3, -0.25) is 0 Å². The van der Waals surface area contributed by atoms with Crippen LogP contribution in [0.4, 0.5) is 0 Å². The van der Waals surface area contributed by atoms with Gasteiger partial charge in [-0.2, -0.15) is 0 Å². The minimum atomic E-state index is -0.239. The molecule has 2 heteroatoms. The molecule has 0 unspecified atom stereocenters. The minimum Gasteiger partial charge on any atom is -0.469 e. The molecule has 0 aromatic carbocycles. The van der Waals surface area contributed by atoms with E-state index in [4.69, 9.17) is 4.42 Å². The summed E-state index contributed by atoms with van der Waals surface area (Å²) in [4.78, 5) is 0. The molecule has 1 heterocycles. The fraction of sp³-hybridized carbons (Fsp3) is 0.733. The van der Waals surface area contributed by atoms with Crippen molar-refractivity contribution in [2.75, 3.05) is 0 Å². The smallest absolute Gasteiger partial charge is 0.106 e. The molecule has 0 aliphatic heterocycles. The second-order valence-electron chi connectivity index (χ2n) is 4.85. The zero-order chi connectivity index (χ0) is 12.3. The van der Waals surface area contributed by atoms with Crippen LogP contribution in [0.3, 0.4) is 0 Å². The van der Waals surface area contributed by atoms with E-state index < -0.39 is 0 Å². The fourth-order valence-electron chi connectivity index (χ4n) is 2.10. The van der Waals surface area contributed by atoms with Crippen LogP contribution in [-0.4, -0.2) is 11.2 Å². The SMILES string of the molecule is CCCCCCCCC[C@@H](O)Cc1ccco1. The lowest BCUT2D eigenvalue weighted by Gasteiger charge is -2.08. The third-order valence-corrected chi connectivity index (χ3v) is 3.16. The summed E-state index contributed by atoms with van der Waals surface area (Å²) in [6.45, 7) is 2.24. The van der Waals surface area contributed by atoms with Crippen molar-refractivity contribution in [1.29, 1.82) is 0 Å². The lowest BCUT2D eigenvalue weighted by Crippen LogP contribution is -2.09. The van der Waals surface area contributed by atoms with Gasteiger partial charge in [-0.25, -0.2) is 0 Å². The molecule has 1 aromatic rings. The number of furan rings is 1. The molecule has 17 heavy (non-hydrogen) atoms. The van der Waals surface area contributed by atoms with E-state index in [1.54, 1.807) is 6.26 Å². The summed E-state index contributed by atoms with van der Waals surface area (Å²) >= 11 is 0. The van der Waals surface area contributed by atoms with Crippen molar-refractivity contribution < 1.29 is 9.52 Å². The van der Waals surface area contributed by atoms with E-state index in [0.29, 0.717) is 6.42 Å². The first-order chi connectivity index (χ1) is 8.33. The number of aliphatic hydroxyl groups excluding tert-OH is 1. The summed E-state index contributed by atoms with van der Waals surface area (Å²) in [5, 5.41) is 9.80. The third kappa shape index (κ3) is 7.22. The number of hydrogen-bond donors (Lipinski definition) is 1. The van der Waals surface area contributed by atoms with Gasteiger partial charge in [0.2, 0.25) is 0 Å². The van der Waals surface area contributed by atoms with Crippen LogP contribution in [0.25, 0.3) is 0 Å². The van der Waals surface area contributed by atoms with E-state index in [1.165, 1.54) is 38.5 Å². The summed E-state index contributed by atoms with van der Waals surface area (Å²) in [7, 11) is 0. The van der Waals surface area contributed by atoms with Crippen LogP contribution in [-0.2, 0) is 6.42 Å². The van der Waals surface area contributed by atoms with E-state index in [2.05, 4.69) is 6.92 Å². The summed E-state index contributed by atoms with van der Waals surface area (Å²) in [6.07, 6.45) is 12.1. The van der Waals surface area contributed by atoms with Gasteiger partial charge < -0.3 is 9.52 Å². The topological polar surface area (TPSA) is 33.4 Å². The molecular formula is C15H26O2. The molecule has 0 amide bonds. The van der Waals surface area contributed by atoms with Crippen LogP contribution < -0.4 is 0 Å². The molecule has 0 bridgehead atoms. The maximum atomic E-state index is 9.80. The standard InChI is InChI=1S/C15H26O2/c1-2-3-4-5-6-7-8-10-14(16)13-15-11-9-12-17-15/h9,11-12,14,16H,2-8,10,13H2,1H3/t14-/m1/s1. The molecule has 1 aromatic heterocycles. The van der Waals surface area contributed by atoms with Crippen LogP contribution in [0.2, 0.25) is 0 Å². The van der Waals surface area contributed by atoms with Gasteiger partial charge in [0.25, 0.3) is 0 Å². The number of rotatable bonds is 10. The highest BCUT2D eigenvalue weighted by Crippen LogP contribution is 2.12. The Morgan fingerprint density at radius 1 is 1.12 bits per heavy atom. The average molecular weight is 238 g/mol. The first-order valence-electron chi connectivity index (χ1n) is 7.03. The van der Waals surface area contributed by atoms with Crippen molar-refractivity contribution in [3.63, 3.8) is 0 Å². The van der Waals surface area contributed by atoms with E-state index in [0.717, 1.165) is 18.6 Å². The monoisotopic (exact) mass is 238 g/mol. The van der Waals surface area contributed by atoms with E-state index in [9.17, 15) is 5.11 Å². The molecule has 1 rings (SSSR count). The summed E-state index contributed by atoms with van der Waals surface area (Å²) in [5.41, 5.74) is 0. The van der Waals surface area contributed by atoms with E-state index >= 15 is 0 Å². The van der Waals surface area contributed by atoms with Gasteiger partial charge >= 0.3 is 0 Å². The lowest BCUT2D eigenvalue weighted by atomic mass is 10.0. The van der Waals surface area contributed by atoms with Gasteiger partial charge in [0.1, 0.15) is 5.76 Å². The van der Waals surface area contributed by atoms with Crippen molar-refractivity contribution in [1.82, 2.24) is 0 Å².